The van der Waals surface area contributed by atoms with Crippen LogP contribution in [0.4, 0.5) is 8.78 Å². The average molecular weight is 197 g/mol. The van der Waals surface area contributed by atoms with Crippen molar-refractivity contribution < 1.29 is 18.6 Å². The van der Waals surface area contributed by atoms with Crippen molar-refractivity contribution in [2.75, 3.05) is 26.4 Å². The van der Waals surface area contributed by atoms with Crippen molar-refractivity contribution in [1.82, 2.24) is 5.32 Å². The van der Waals surface area contributed by atoms with Gasteiger partial charge in [0.05, 0.1) is 19.3 Å². The molecule has 0 fully saturated rings. The van der Waals surface area contributed by atoms with Gasteiger partial charge in [-0.2, -0.15) is 0 Å². The molecule has 0 aliphatic carbocycles. The molecule has 13 heavy (non-hydrogen) atoms. The van der Waals surface area contributed by atoms with Crippen molar-refractivity contribution in [1.29, 1.82) is 0 Å². The second-order valence-electron chi connectivity index (χ2n) is 2.77. The van der Waals surface area contributed by atoms with Crippen LogP contribution in [0.5, 0.6) is 0 Å². The summed E-state index contributed by atoms with van der Waals surface area (Å²) in [5.41, 5.74) is 0. The van der Waals surface area contributed by atoms with Crippen molar-refractivity contribution in [2.45, 2.75) is 25.8 Å². The first-order chi connectivity index (χ1) is 6.18. The van der Waals surface area contributed by atoms with E-state index in [9.17, 15) is 8.78 Å². The minimum atomic E-state index is -2.32. The summed E-state index contributed by atoms with van der Waals surface area (Å²) in [6, 6.07) is -0.766. The average Bonchev–Trinajstić information content (AvgIpc) is 2.10. The summed E-state index contributed by atoms with van der Waals surface area (Å²) >= 11 is 0. The number of halogens is 2. The molecule has 0 spiro atoms. The molecule has 1 unspecified atom stereocenters. The van der Waals surface area contributed by atoms with E-state index in [0.717, 1.165) is 0 Å². The quantitative estimate of drug-likeness (QED) is 0.561. The zero-order chi connectivity index (χ0) is 10.1. The smallest absolute Gasteiger partial charge is 0.253 e. The Labute approximate surface area is 77.1 Å². The summed E-state index contributed by atoms with van der Waals surface area (Å²) in [7, 11) is 0. The minimum absolute atomic E-state index is 0.000859. The van der Waals surface area contributed by atoms with Gasteiger partial charge >= 0.3 is 0 Å². The maximum atomic E-state index is 11.9. The Kier molecular flexibility index (Phi) is 8.18. The van der Waals surface area contributed by atoms with Gasteiger partial charge in [0, 0.05) is 6.61 Å². The molecule has 2 N–H and O–H groups in total. The molecule has 5 heteroatoms. The van der Waals surface area contributed by atoms with Gasteiger partial charge < -0.3 is 15.2 Å². The van der Waals surface area contributed by atoms with Crippen molar-refractivity contribution in [3.8, 4) is 0 Å². The zero-order valence-electron chi connectivity index (χ0n) is 7.80. The van der Waals surface area contributed by atoms with Crippen molar-refractivity contribution in [2.24, 2.45) is 0 Å². The van der Waals surface area contributed by atoms with E-state index in [1.54, 1.807) is 0 Å². The fourth-order valence-corrected chi connectivity index (χ4v) is 0.760. The summed E-state index contributed by atoms with van der Waals surface area (Å²) in [5, 5.41) is 11.0. The molecule has 0 aromatic rings. The molecule has 80 valence electrons. The molecular formula is C8H17F2NO2. The Morgan fingerprint density at radius 2 is 2.08 bits per heavy atom. The van der Waals surface area contributed by atoms with Gasteiger partial charge in [-0.25, -0.2) is 8.78 Å². The first-order valence-electron chi connectivity index (χ1n) is 4.38. The largest absolute Gasteiger partial charge is 0.394 e. The first kappa shape index (κ1) is 12.7. The van der Waals surface area contributed by atoms with Crippen LogP contribution in [0.3, 0.4) is 0 Å². The Bertz CT molecular complexity index is 114. The number of hydrogen-bond acceptors (Lipinski definition) is 3. The highest BCUT2D eigenvalue weighted by atomic mass is 19.3. The highest BCUT2D eigenvalue weighted by Gasteiger charge is 2.12. The van der Waals surface area contributed by atoms with Gasteiger partial charge in [-0.15, -0.1) is 0 Å². The molecule has 0 amide bonds. The molecule has 0 saturated heterocycles. The van der Waals surface area contributed by atoms with E-state index >= 15 is 0 Å². The molecule has 3 nitrogen and oxygen atoms in total. The molecule has 0 aliphatic rings. The third kappa shape index (κ3) is 8.08. The SMILES string of the molecule is CC(NCCCOCCO)C(F)F. The van der Waals surface area contributed by atoms with E-state index in [1.807, 2.05) is 0 Å². The van der Waals surface area contributed by atoms with Gasteiger partial charge in [0.15, 0.2) is 0 Å². The minimum Gasteiger partial charge on any atom is -0.394 e. The molecule has 0 rings (SSSR count). The molecule has 0 radical (unpaired) electrons. The zero-order valence-corrected chi connectivity index (χ0v) is 7.80. The van der Waals surface area contributed by atoms with Crippen LogP contribution in [0.1, 0.15) is 13.3 Å². The highest BCUT2D eigenvalue weighted by molar-refractivity contribution is 4.61. The van der Waals surface area contributed by atoms with E-state index in [0.29, 0.717) is 26.2 Å². The number of aliphatic hydroxyl groups is 1. The Hall–Kier alpha value is -0.260. The van der Waals surface area contributed by atoms with Crippen molar-refractivity contribution in [3.05, 3.63) is 0 Å². The lowest BCUT2D eigenvalue weighted by Crippen LogP contribution is -2.33. The van der Waals surface area contributed by atoms with Crippen LogP contribution >= 0.6 is 0 Å². The van der Waals surface area contributed by atoms with Crippen LogP contribution in [0.2, 0.25) is 0 Å². The lowest BCUT2D eigenvalue weighted by atomic mass is 10.3. The first-order valence-corrected chi connectivity index (χ1v) is 4.38. The number of ether oxygens (including phenoxy) is 1. The third-order valence-electron chi connectivity index (χ3n) is 1.55. The van der Waals surface area contributed by atoms with Gasteiger partial charge in [0.25, 0.3) is 6.43 Å². The van der Waals surface area contributed by atoms with Gasteiger partial charge in [-0.05, 0) is 19.9 Å². The van der Waals surface area contributed by atoms with Gasteiger partial charge in [-0.1, -0.05) is 0 Å². The summed E-state index contributed by atoms with van der Waals surface area (Å²) in [5.74, 6) is 0. The molecule has 0 aromatic carbocycles. The van der Waals surface area contributed by atoms with Crippen LogP contribution in [-0.4, -0.2) is 43.9 Å². The molecule has 0 bridgehead atoms. The predicted molar refractivity (Wildman–Crippen MR) is 46.0 cm³/mol. The summed E-state index contributed by atoms with van der Waals surface area (Å²) in [6.45, 7) is 2.75. The maximum absolute atomic E-state index is 11.9. The maximum Gasteiger partial charge on any atom is 0.253 e. The molecule has 0 aromatic heterocycles. The normalized spacial score (nSPS) is 13.6. The molecule has 0 heterocycles. The number of nitrogens with one attached hydrogen (secondary N) is 1. The van der Waals surface area contributed by atoms with Gasteiger partial charge in [0.2, 0.25) is 0 Å². The standard InChI is InChI=1S/C8H17F2NO2/c1-7(8(9)10)11-3-2-5-13-6-4-12/h7-8,11-12H,2-6H2,1H3. The number of aliphatic hydroxyl groups excluding tert-OH is 1. The molecule has 1 atom stereocenters. The van der Waals surface area contributed by atoms with Crippen molar-refractivity contribution in [3.63, 3.8) is 0 Å². The van der Waals surface area contributed by atoms with E-state index < -0.39 is 12.5 Å². The Balaban J connectivity index is 3.07. The van der Waals surface area contributed by atoms with E-state index in [4.69, 9.17) is 9.84 Å². The summed E-state index contributed by atoms with van der Waals surface area (Å²) in [4.78, 5) is 0. The van der Waals surface area contributed by atoms with Crippen molar-refractivity contribution >= 4 is 0 Å². The van der Waals surface area contributed by atoms with Gasteiger partial charge in [-0.3, -0.25) is 0 Å². The summed E-state index contributed by atoms with van der Waals surface area (Å²) in [6.07, 6.45) is -1.64. The number of alkyl halides is 2. The predicted octanol–water partition coefficient (Wildman–Crippen LogP) is 0.629. The second-order valence-corrected chi connectivity index (χ2v) is 2.77. The molecular weight excluding hydrogens is 180 g/mol. The second kappa shape index (κ2) is 8.34. The van der Waals surface area contributed by atoms with E-state index in [-0.39, 0.29) is 6.61 Å². The lowest BCUT2D eigenvalue weighted by molar-refractivity contribution is 0.0845. The fourth-order valence-electron chi connectivity index (χ4n) is 0.760. The Morgan fingerprint density at radius 3 is 2.62 bits per heavy atom. The van der Waals surface area contributed by atoms with E-state index in [2.05, 4.69) is 5.32 Å². The van der Waals surface area contributed by atoms with Crippen LogP contribution in [0, 0.1) is 0 Å². The van der Waals surface area contributed by atoms with Crippen LogP contribution in [0.25, 0.3) is 0 Å². The van der Waals surface area contributed by atoms with E-state index in [1.165, 1.54) is 6.92 Å². The van der Waals surface area contributed by atoms with Crippen LogP contribution in [-0.2, 0) is 4.74 Å². The Morgan fingerprint density at radius 1 is 1.38 bits per heavy atom. The topological polar surface area (TPSA) is 41.5 Å². The monoisotopic (exact) mass is 197 g/mol. The van der Waals surface area contributed by atoms with Gasteiger partial charge in [0.1, 0.15) is 0 Å². The highest BCUT2D eigenvalue weighted by Crippen LogP contribution is 1.98. The number of rotatable bonds is 8. The van der Waals surface area contributed by atoms with Crippen LogP contribution in [0.15, 0.2) is 0 Å². The number of hydrogen-bond donors (Lipinski definition) is 2. The van der Waals surface area contributed by atoms with Crippen LogP contribution < -0.4 is 5.32 Å². The molecule has 0 aliphatic heterocycles. The summed E-state index contributed by atoms with van der Waals surface area (Å²) < 4.78 is 28.8. The molecule has 0 saturated carbocycles. The lowest BCUT2D eigenvalue weighted by Gasteiger charge is -2.11. The fraction of sp³-hybridized carbons (Fsp3) is 1.00. The third-order valence-corrected chi connectivity index (χ3v) is 1.55.